The summed E-state index contributed by atoms with van der Waals surface area (Å²) in [4.78, 5) is 52.8. The molecular formula is C29H32FN3O6Si. The molecule has 2 aromatic rings. The normalized spacial score (nSPS) is 17.0. The predicted molar refractivity (Wildman–Crippen MR) is 147 cm³/mol. The summed E-state index contributed by atoms with van der Waals surface area (Å²) in [5.74, 6) is 3.37. The number of carbonyl (C=O) groups is 4. The standard InChI is InChI=1S/C29H32FN3O6Si/c1-40(2,3)15-14-38-18-33-26(34)12-11-25(29(33)37)32-17-23-19(6-4-8-21(23)28(32)36)7-5-13-39-20-9-10-22(27(31)35)24(30)16-20/h4,6,8-10,16,25H,11-15,17-18H2,1-3H3,(H2,31,35). The molecule has 210 valence electrons. The highest BCUT2D eigenvalue weighted by molar-refractivity contribution is 6.76. The van der Waals surface area contributed by atoms with Crippen LogP contribution in [0.15, 0.2) is 36.4 Å². The molecule has 0 spiro atoms. The number of nitrogens with two attached hydrogens (primary N) is 1. The molecule has 2 heterocycles. The maximum atomic E-state index is 13.9. The van der Waals surface area contributed by atoms with E-state index >= 15 is 0 Å². The monoisotopic (exact) mass is 565 g/mol. The van der Waals surface area contributed by atoms with Crippen molar-refractivity contribution in [1.82, 2.24) is 9.80 Å². The summed E-state index contributed by atoms with van der Waals surface area (Å²) in [5.41, 5.74) is 6.64. The van der Waals surface area contributed by atoms with Gasteiger partial charge >= 0.3 is 0 Å². The van der Waals surface area contributed by atoms with Crippen molar-refractivity contribution in [1.29, 1.82) is 0 Å². The number of amides is 4. The van der Waals surface area contributed by atoms with E-state index in [0.29, 0.717) is 23.3 Å². The smallest absolute Gasteiger partial charge is 0.255 e. The zero-order valence-electron chi connectivity index (χ0n) is 22.8. The van der Waals surface area contributed by atoms with Gasteiger partial charge in [0.1, 0.15) is 30.9 Å². The number of hydrogen-bond donors (Lipinski definition) is 1. The van der Waals surface area contributed by atoms with E-state index in [9.17, 15) is 23.6 Å². The summed E-state index contributed by atoms with van der Waals surface area (Å²) >= 11 is 0. The number of fused-ring (bicyclic) bond motifs is 1. The first-order valence-corrected chi connectivity index (χ1v) is 16.7. The molecule has 4 amide bonds. The minimum absolute atomic E-state index is 0.0629. The number of hydrogen-bond acceptors (Lipinski definition) is 6. The van der Waals surface area contributed by atoms with E-state index in [-0.39, 0.29) is 55.9 Å². The first kappa shape index (κ1) is 29.0. The van der Waals surface area contributed by atoms with Crippen LogP contribution in [0, 0.1) is 17.7 Å². The van der Waals surface area contributed by atoms with Gasteiger partial charge < -0.3 is 20.1 Å². The third-order valence-electron chi connectivity index (χ3n) is 6.81. The Labute approximate surface area is 233 Å². The molecule has 0 aromatic heterocycles. The molecule has 1 unspecified atom stereocenters. The average Bonchev–Trinajstić information content (AvgIpc) is 3.22. The van der Waals surface area contributed by atoms with Crippen LogP contribution in [-0.4, -0.2) is 67.5 Å². The Hall–Kier alpha value is -4.01. The molecule has 1 saturated heterocycles. The molecule has 2 aliphatic heterocycles. The quantitative estimate of drug-likeness (QED) is 0.216. The second-order valence-electron chi connectivity index (χ2n) is 10.9. The topological polar surface area (TPSA) is 119 Å². The van der Waals surface area contributed by atoms with E-state index in [1.54, 1.807) is 18.2 Å². The minimum atomic E-state index is -1.32. The van der Waals surface area contributed by atoms with E-state index < -0.39 is 31.7 Å². The van der Waals surface area contributed by atoms with Crippen molar-refractivity contribution >= 4 is 31.7 Å². The minimum Gasteiger partial charge on any atom is -0.481 e. The van der Waals surface area contributed by atoms with Gasteiger partial charge in [0.2, 0.25) is 5.91 Å². The summed E-state index contributed by atoms with van der Waals surface area (Å²) in [6.07, 6.45) is 0.404. The van der Waals surface area contributed by atoms with Gasteiger partial charge in [-0.05, 0) is 42.3 Å². The van der Waals surface area contributed by atoms with Crippen LogP contribution in [0.2, 0.25) is 25.7 Å². The third kappa shape index (κ3) is 6.58. The van der Waals surface area contributed by atoms with Crippen molar-refractivity contribution in [2.75, 3.05) is 19.9 Å². The summed E-state index contributed by atoms with van der Waals surface area (Å²) in [6.45, 7) is 7.15. The Morgan fingerprint density at radius 3 is 2.65 bits per heavy atom. The van der Waals surface area contributed by atoms with Gasteiger partial charge in [-0.3, -0.25) is 24.1 Å². The third-order valence-corrected chi connectivity index (χ3v) is 8.52. The van der Waals surface area contributed by atoms with E-state index in [1.165, 1.54) is 17.0 Å². The molecule has 40 heavy (non-hydrogen) atoms. The molecule has 0 bridgehead atoms. The van der Waals surface area contributed by atoms with E-state index in [0.717, 1.165) is 17.0 Å². The Balaban J connectivity index is 1.41. The molecule has 1 fully saturated rings. The van der Waals surface area contributed by atoms with Crippen LogP contribution in [0.3, 0.4) is 0 Å². The number of nitrogens with zero attached hydrogens (tertiary/aromatic N) is 2. The number of halogens is 1. The van der Waals surface area contributed by atoms with Crippen LogP contribution in [0.4, 0.5) is 4.39 Å². The van der Waals surface area contributed by atoms with Gasteiger partial charge in [0, 0.05) is 44.8 Å². The second kappa shape index (κ2) is 12.0. The molecule has 0 radical (unpaired) electrons. The van der Waals surface area contributed by atoms with Gasteiger partial charge in [-0.2, -0.15) is 0 Å². The number of ether oxygens (including phenoxy) is 2. The number of carbonyl (C=O) groups excluding carboxylic acids is 4. The molecule has 0 saturated carbocycles. The Bertz CT molecular complexity index is 1410. The van der Waals surface area contributed by atoms with Crippen molar-refractivity contribution in [2.24, 2.45) is 5.73 Å². The maximum absolute atomic E-state index is 13.9. The Morgan fingerprint density at radius 1 is 1.18 bits per heavy atom. The summed E-state index contributed by atoms with van der Waals surface area (Å²) < 4.78 is 25.1. The molecular weight excluding hydrogens is 533 g/mol. The second-order valence-corrected chi connectivity index (χ2v) is 16.5. The number of likely N-dealkylation sites (tertiary alicyclic amines) is 1. The van der Waals surface area contributed by atoms with Gasteiger partial charge in [0.25, 0.3) is 17.7 Å². The van der Waals surface area contributed by atoms with Gasteiger partial charge in [0.05, 0.1) is 5.56 Å². The number of imide groups is 1. The van der Waals surface area contributed by atoms with Crippen LogP contribution in [0.25, 0.3) is 0 Å². The van der Waals surface area contributed by atoms with E-state index in [4.69, 9.17) is 15.2 Å². The molecule has 0 aliphatic carbocycles. The van der Waals surface area contributed by atoms with Crippen molar-refractivity contribution in [3.05, 3.63) is 64.5 Å². The SMILES string of the molecule is C[Si](C)(C)CCOCN1C(=O)CCC(N2Cc3c(C#CCOc4ccc(C(N)=O)c(F)c4)cccc3C2=O)C1=O. The zero-order chi connectivity index (χ0) is 29.0. The van der Waals surface area contributed by atoms with Crippen LogP contribution in [0.5, 0.6) is 5.75 Å². The van der Waals surface area contributed by atoms with Crippen molar-refractivity contribution in [3.8, 4) is 17.6 Å². The predicted octanol–water partition coefficient (Wildman–Crippen LogP) is 3.14. The molecule has 11 heteroatoms. The van der Waals surface area contributed by atoms with Gasteiger partial charge in [-0.1, -0.05) is 37.5 Å². The van der Waals surface area contributed by atoms with Crippen molar-refractivity contribution in [2.45, 2.75) is 51.1 Å². The molecule has 2 N–H and O–H groups in total. The largest absolute Gasteiger partial charge is 0.481 e. The first-order valence-electron chi connectivity index (χ1n) is 13.0. The number of rotatable bonds is 9. The molecule has 9 nitrogen and oxygen atoms in total. The fraction of sp³-hybridized carbons (Fsp3) is 0.379. The number of piperidine rings is 1. The number of benzene rings is 2. The lowest BCUT2D eigenvalue weighted by Gasteiger charge is -2.35. The van der Waals surface area contributed by atoms with Gasteiger partial charge in [-0.15, -0.1) is 0 Å². The van der Waals surface area contributed by atoms with Gasteiger partial charge in [-0.25, -0.2) is 4.39 Å². The van der Waals surface area contributed by atoms with Crippen LogP contribution < -0.4 is 10.5 Å². The Kier molecular flexibility index (Phi) is 8.71. The lowest BCUT2D eigenvalue weighted by Crippen LogP contribution is -2.55. The maximum Gasteiger partial charge on any atom is 0.255 e. The average molecular weight is 566 g/mol. The number of primary amides is 1. The molecule has 4 rings (SSSR count). The van der Waals surface area contributed by atoms with Crippen LogP contribution in [0.1, 0.15) is 44.7 Å². The Morgan fingerprint density at radius 2 is 1.95 bits per heavy atom. The van der Waals surface area contributed by atoms with Crippen molar-refractivity contribution < 1.29 is 33.0 Å². The highest BCUT2D eigenvalue weighted by Gasteiger charge is 2.43. The highest BCUT2D eigenvalue weighted by Crippen LogP contribution is 2.31. The summed E-state index contributed by atoms with van der Waals surface area (Å²) in [6, 6.07) is 9.06. The summed E-state index contributed by atoms with van der Waals surface area (Å²) in [7, 11) is -1.32. The highest BCUT2D eigenvalue weighted by atomic mass is 28.3. The molecule has 1 atom stereocenters. The fourth-order valence-corrected chi connectivity index (χ4v) is 5.30. The lowest BCUT2D eigenvalue weighted by molar-refractivity contribution is -0.158. The zero-order valence-corrected chi connectivity index (χ0v) is 23.8. The van der Waals surface area contributed by atoms with Crippen LogP contribution in [-0.2, 0) is 20.9 Å². The fourth-order valence-electron chi connectivity index (χ4n) is 4.54. The van der Waals surface area contributed by atoms with E-state index in [1.807, 2.05) is 0 Å². The van der Waals surface area contributed by atoms with Gasteiger partial charge in [0.15, 0.2) is 0 Å². The lowest BCUT2D eigenvalue weighted by atomic mass is 10.0. The van der Waals surface area contributed by atoms with E-state index in [2.05, 4.69) is 31.5 Å². The van der Waals surface area contributed by atoms with Crippen LogP contribution >= 0.6 is 0 Å². The first-order chi connectivity index (χ1) is 19.0. The molecule has 2 aromatic carbocycles. The summed E-state index contributed by atoms with van der Waals surface area (Å²) in [5, 5.41) is 0. The van der Waals surface area contributed by atoms with Crippen molar-refractivity contribution in [3.63, 3.8) is 0 Å². The molecule has 2 aliphatic rings.